The van der Waals surface area contributed by atoms with Gasteiger partial charge in [-0.3, -0.25) is 4.90 Å². The van der Waals surface area contributed by atoms with Crippen molar-refractivity contribution in [1.82, 2.24) is 10.2 Å². The van der Waals surface area contributed by atoms with Gasteiger partial charge in [0, 0.05) is 37.0 Å². The molecule has 0 unspecified atom stereocenters. The van der Waals surface area contributed by atoms with Gasteiger partial charge in [-0.1, -0.05) is 32.0 Å². The van der Waals surface area contributed by atoms with Gasteiger partial charge in [0.2, 0.25) is 0 Å². The molecule has 0 aliphatic carbocycles. The van der Waals surface area contributed by atoms with Crippen molar-refractivity contribution in [3.8, 4) is 5.75 Å². The van der Waals surface area contributed by atoms with Crippen molar-refractivity contribution < 1.29 is 4.74 Å². The first-order chi connectivity index (χ1) is 10.3. The Balaban J connectivity index is 1.79. The van der Waals surface area contributed by atoms with Crippen LogP contribution in [0.3, 0.4) is 0 Å². The van der Waals surface area contributed by atoms with Crippen molar-refractivity contribution in [1.29, 1.82) is 0 Å². The van der Waals surface area contributed by atoms with Gasteiger partial charge in [0.25, 0.3) is 0 Å². The highest BCUT2D eigenvalue weighted by molar-refractivity contribution is 7.99. The van der Waals surface area contributed by atoms with E-state index in [1.807, 2.05) is 0 Å². The van der Waals surface area contributed by atoms with E-state index in [9.17, 15) is 0 Å². The van der Waals surface area contributed by atoms with Crippen LogP contribution in [0.15, 0.2) is 24.3 Å². The van der Waals surface area contributed by atoms with Gasteiger partial charge < -0.3 is 10.1 Å². The lowest BCUT2D eigenvalue weighted by molar-refractivity contribution is 0.218. The van der Waals surface area contributed by atoms with E-state index >= 15 is 0 Å². The van der Waals surface area contributed by atoms with E-state index in [4.69, 9.17) is 4.74 Å². The molecule has 1 fully saturated rings. The van der Waals surface area contributed by atoms with Crippen molar-refractivity contribution in [2.75, 3.05) is 37.7 Å². The molecule has 1 saturated heterocycles. The van der Waals surface area contributed by atoms with Crippen molar-refractivity contribution in [2.24, 2.45) is 0 Å². The number of hydrogen-bond acceptors (Lipinski definition) is 4. The molecule has 0 spiro atoms. The molecule has 1 heterocycles. The van der Waals surface area contributed by atoms with Gasteiger partial charge in [-0.2, -0.15) is 11.8 Å². The predicted octanol–water partition coefficient (Wildman–Crippen LogP) is 3.00. The molecule has 3 nitrogen and oxygen atoms in total. The second kappa shape index (κ2) is 9.34. The lowest BCUT2D eigenvalue weighted by Gasteiger charge is -2.20. The predicted molar refractivity (Wildman–Crippen MR) is 92.3 cm³/mol. The SMILES string of the molecule is CC(C)NCc1ccccc1OCCN1CCCSCC1. The minimum Gasteiger partial charge on any atom is -0.492 e. The van der Waals surface area contributed by atoms with E-state index in [0.29, 0.717) is 6.04 Å². The van der Waals surface area contributed by atoms with Gasteiger partial charge in [-0.25, -0.2) is 0 Å². The van der Waals surface area contributed by atoms with Crippen LogP contribution in [0.5, 0.6) is 5.75 Å². The summed E-state index contributed by atoms with van der Waals surface area (Å²) in [5.41, 5.74) is 1.25. The topological polar surface area (TPSA) is 24.5 Å². The molecule has 21 heavy (non-hydrogen) atoms. The summed E-state index contributed by atoms with van der Waals surface area (Å²) in [6.07, 6.45) is 1.31. The molecule has 1 aromatic rings. The Morgan fingerprint density at radius 2 is 2.10 bits per heavy atom. The second-order valence-corrected chi connectivity index (χ2v) is 7.02. The third kappa shape index (κ3) is 6.29. The number of nitrogens with one attached hydrogen (secondary N) is 1. The molecule has 2 rings (SSSR count). The zero-order chi connectivity index (χ0) is 14.9. The van der Waals surface area contributed by atoms with E-state index < -0.39 is 0 Å². The van der Waals surface area contributed by atoms with Crippen LogP contribution in [-0.4, -0.2) is 48.7 Å². The third-order valence-corrected chi connectivity index (χ3v) is 4.70. The third-order valence-electron chi connectivity index (χ3n) is 3.65. The largest absolute Gasteiger partial charge is 0.492 e. The van der Waals surface area contributed by atoms with Gasteiger partial charge >= 0.3 is 0 Å². The van der Waals surface area contributed by atoms with Gasteiger partial charge in [0.05, 0.1) is 0 Å². The Morgan fingerprint density at radius 1 is 1.24 bits per heavy atom. The Labute approximate surface area is 133 Å². The lowest BCUT2D eigenvalue weighted by atomic mass is 10.2. The monoisotopic (exact) mass is 308 g/mol. The fraction of sp³-hybridized carbons (Fsp3) is 0.647. The molecule has 4 heteroatoms. The molecule has 1 aliphatic heterocycles. The highest BCUT2D eigenvalue weighted by atomic mass is 32.2. The molecule has 0 saturated carbocycles. The average molecular weight is 308 g/mol. The summed E-state index contributed by atoms with van der Waals surface area (Å²) in [6.45, 7) is 9.43. The van der Waals surface area contributed by atoms with Crippen molar-refractivity contribution in [3.63, 3.8) is 0 Å². The molecule has 0 bridgehead atoms. The normalized spacial score (nSPS) is 16.9. The second-order valence-electron chi connectivity index (χ2n) is 5.80. The van der Waals surface area contributed by atoms with Crippen molar-refractivity contribution in [2.45, 2.75) is 32.9 Å². The number of hydrogen-bond donors (Lipinski definition) is 1. The van der Waals surface area contributed by atoms with Gasteiger partial charge in [0.1, 0.15) is 12.4 Å². The van der Waals surface area contributed by atoms with Crippen LogP contribution in [0.1, 0.15) is 25.8 Å². The smallest absolute Gasteiger partial charge is 0.123 e. The van der Waals surface area contributed by atoms with Crippen LogP contribution in [0.2, 0.25) is 0 Å². The number of nitrogens with zero attached hydrogens (tertiary/aromatic N) is 1. The highest BCUT2D eigenvalue weighted by Crippen LogP contribution is 2.18. The fourth-order valence-electron chi connectivity index (χ4n) is 2.41. The van der Waals surface area contributed by atoms with Crippen molar-refractivity contribution in [3.05, 3.63) is 29.8 Å². The van der Waals surface area contributed by atoms with Crippen LogP contribution >= 0.6 is 11.8 Å². The zero-order valence-corrected chi connectivity index (χ0v) is 14.1. The summed E-state index contributed by atoms with van der Waals surface area (Å²) in [6, 6.07) is 8.85. The Kier molecular flexibility index (Phi) is 7.41. The maximum atomic E-state index is 6.02. The number of rotatable bonds is 7. The first-order valence-corrected chi connectivity index (χ1v) is 9.15. The molecule has 0 amide bonds. The summed E-state index contributed by atoms with van der Waals surface area (Å²) in [5.74, 6) is 3.59. The molecular weight excluding hydrogens is 280 g/mol. The average Bonchev–Trinajstić information content (AvgIpc) is 2.75. The van der Waals surface area contributed by atoms with E-state index in [-0.39, 0.29) is 0 Å². The maximum absolute atomic E-state index is 6.02. The lowest BCUT2D eigenvalue weighted by Crippen LogP contribution is -2.30. The van der Waals surface area contributed by atoms with E-state index in [1.165, 1.54) is 36.6 Å². The van der Waals surface area contributed by atoms with Gasteiger partial charge in [-0.05, 0) is 24.8 Å². The van der Waals surface area contributed by atoms with Crippen LogP contribution in [-0.2, 0) is 6.54 Å². The molecule has 0 radical (unpaired) electrons. The molecule has 118 valence electrons. The molecule has 1 aromatic carbocycles. The van der Waals surface area contributed by atoms with Crippen LogP contribution in [0, 0.1) is 0 Å². The Hall–Kier alpha value is -0.710. The zero-order valence-electron chi connectivity index (χ0n) is 13.3. The number of para-hydroxylation sites is 1. The summed E-state index contributed by atoms with van der Waals surface area (Å²) in [7, 11) is 0. The fourth-order valence-corrected chi connectivity index (χ4v) is 3.34. The standard InChI is InChI=1S/C17H28N2OS/c1-15(2)18-14-16-6-3-4-7-17(16)20-11-9-19-8-5-12-21-13-10-19/h3-4,6-7,15,18H,5,8-14H2,1-2H3. The summed E-state index contributed by atoms with van der Waals surface area (Å²) in [5, 5.41) is 3.46. The van der Waals surface area contributed by atoms with E-state index in [1.54, 1.807) is 0 Å². The maximum Gasteiger partial charge on any atom is 0.123 e. The first kappa shape index (κ1) is 16.7. The number of benzene rings is 1. The molecular formula is C17H28N2OS. The van der Waals surface area contributed by atoms with Crippen molar-refractivity contribution >= 4 is 11.8 Å². The molecule has 1 N–H and O–H groups in total. The minimum absolute atomic E-state index is 0.493. The highest BCUT2D eigenvalue weighted by Gasteiger charge is 2.09. The molecule has 1 aliphatic rings. The Morgan fingerprint density at radius 3 is 2.95 bits per heavy atom. The van der Waals surface area contributed by atoms with Crippen LogP contribution in [0.4, 0.5) is 0 Å². The van der Waals surface area contributed by atoms with Crippen LogP contribution < -0.4 is 10.1 Å². The summed E-state index contributed by atoms with van der Waals surface area (Å²) in [4.78, 5) is 2.52. The molecule has 0 atom stereocenters. The minimum atomic E-state index is 0.493. The van der Waals surface area contributed by atoms with Crippen LogP contribution in [0.25, 0.3) is 0 Å². The molecule has 0 aromatic heterocycles. The van der Waals surface area contributed by atoms with E-state index in [0.717, 1.165) is 25.4 Å². The van der Waals surface area contributed by atoms with Gasteiger partial charge in [0.15, 0.2) is 0 Å². The summed E-state index contributed by atoms with van der Waals surface area (Å²) < 4.78 is 6.02. The number of thioether (sulfide) groups is 1. The van der Waals surface area contributed by atoms with E-state index in [2.05, 4.69) is 60.1 Å². The Bertz CT molecular complexity index is 404. The summed E-state index contributed by atoms with van der Waals surface area (Å²) >= 11 is 2.07. The van der Waals surface area contributed by atoms with Gasteiger partial charge in [-0.15, -0.1) is 0 Å². The quantitative estimate of drug-likeness (QED) is 0.837. The first-order valence-electron chi connectivity index (χ1n) is 8.00. The number of ether oxygens (including phenoxy) is 1.